The van der Waals surface area contributed by atoms with Crippen molar-refractivity contribution in [3.8, 4) is 0 Å². The number of benzene rings is 2. The first-order valence-electron chi connectivity index (χ1n) is 5.08. The summed E-state index contributed by atoms with van der Waals surface area (Å²) < 4.78 is 0. The number of nitrogens with one attached hydrogen (secondary N) is 1. The number of nitrogen functional groups attached to an aromatic ring is 1. The van der Waals surface area contributed by atoms with Crippen molar-refractivity contribution in [3.63, 3.8) is 0 Å². The van der Waals surface area contributed by atoms with Crippen LogP contribution in [0.4, 0.5) is 11.4 Å². The number of rotatable bonds is 2. The van der Waals surface area contributed by atoms with Crippen molar-refractivity contribution in [3.05, 3.63) is 58.6 Å². The molecule has 0 aliphatic heterocycles. The van der Waals surface area contributed by atoms with E-state index in [0.717, 1.165) is 16.4 Å². The van der Waals surface area contributed by atoms with Crippen LogP contribution in [0.15, 0.2) is 48.5 Å². The van der Waals surface area contributed by atoms with Gasteiger partial charge in [0.2, 0.25) is 6.41 Å². The largest absolute Gasteiger partial charge is 0.399 e. The quantitative estimate of drug-likeness (QED) is 0.650. The molecule has 2 aromatic rings. The van der Waals surface area contributed by atoms with E-state index in [4.69, 9.17) is 28.9 Å². The molecule has 2 rings (SSSR count). The van der Waals surface area contributed by atoms with Gasteiger partial charge in [-0.2, -0.15) is 0 Å². The van der Waals surface area contributed by atoms with Crippen molar-refractivity contribution in [2.24, 2.45) is 0 Å². The molecule has 0 aromatic heterocycles. The number of carbonyl (C=O) groups is 1. The van der Waals surface area contributed by atoms with Crippen LogP contribution in [0.2, 0.25) is 10.0 Å². The molecule has 3 nitrogen and oxygen atoms in total. The summed E-state index contributed by atoms with van der Waals surface area (Å²) in [6.45, 7) is 0. The average Bonchev–Trinajstić information content (AvgIpc) is 2.37. The molecule has 0 atom stereocenters. The zero-order valence-corrected chi connectivity index (χ0v) is 10.9. The Bertz CT molecular complexity index is 462. The molecule has 0 radical (unpaired) electrons. The van der Waals surface area contributed by atoms with Crippen LogP contribution < -0.4 is 11.1 Å². The summed E-state index contributed by atoms with van der Waals surface area (Å²) in [6.07, 6.45) is 0.628. The summed E-state index contributed by atoms with van der Waals surface area (Å²) in [5, 5.41) is 3.88. The molecular weight excluding hydrogens is 271 g/mol. The Morgan fingerprint density at radius 2 is 1.33 bits per heavy atom. The highest BCUT2D eigenvalue weighted by molar-refractivity contribution is 6.30. The average molecular weight is 283 g/mol. The van der Waals surface area contributed by atoms with Gasteiger partial charge in [0, 0.05) is 21.4 Å². The van der Waals surface area contributed by atoms with E-state index in [0.29, 0.717) is 11.4 Å². The standard InChI is InChI=1S/C7H6ClNO.C6H6ClN/c8-6-1-3-7(4-2-6)9-5-10;7-5-1-3-6(8)4-2-5/h1-5H,(H,9,10);1-4H,8H2. The van der Waals surface area contributed by atoms with Gasteiger partial charge < -0.3 is 11.1 Å². The van der Waals surface area contributed by atoms with Crippen molar-refractivity contribution in [1.82, 2.24) is 0 Å². The molecule has 0 heterocycles. The van der Waals surface area contributed by atoms with E-state index < -0.39 is 0 Å². The Morgan fingerprint density at radius 3 is 1.72 bits per heavy atom. The summed E-state index contributed by atoms with van der Waals surface area (Å²) in [5.41, 5.74) is 6.86. The lowest BCUT2D eigenvalue weighted by molar-refractivity contribution is -0.105. The van der Waals surface area contributed by atoms with Crippen LogP contribution in [-0.4, -0.2) is 6.41 Å². The first-order chi connectivity index (χ1) is 8.61. The van der Waals surface area contributed by atoms with Gasteiger partial charge in [0.05, 0.1) is 0 Å². The van der Waals surface area contributed by atoms with Crippen molar-refractivity contribution in [2.45, 2.75) is 0 Å². The smallest absolute Gasteiger partial charge is 0.211 e. The zero-order valence-electron chi connectivity index (χ0n) is 9.44. The minimum Gasteiger partial charge on any atom is -0.399 e. The SMILES string of the molecule is Nc1ccc(Cl)cc1.O=CNc1ccc(Cl)cc1. The second kappa shape index (κ2) is 7.58. The van der Waals surface area contributed by atoms with Crippen LogP contribution in [0, 0.1) is 0 Å². The van der Waals surface area contributed by atoms with Crippen LogP contribution in [0.3, 0.4) is 0 Å². The molecule has 0 aliphatic rings. The van der Waals surface area contributed by atoms with Gasteiger partial charge in [-0.1, -0.05) is 23.2 Å². The summed E-state index contributed by atoms with van der Waals surface area (Å²) in [4.78, 5) is 9.92. The molecule has 3 N–H and O–H groups in total. The number of hydrogen-bond donors (Lipinski definition) is 2. The van der Waals surface area contributed by atoms with E-state index >= 15 is 0 Å². The highest BCUT2D eigenvalue weighted by Gasteiger charge is 1.87. The molecule has 0 saturated heterocycles. The van der Waals surface area contributed by atoms with Gasteiger partial charge in [0.1, 0.15) is 0 Å². The molecule has 1 amide bonds. The summed E-state index contributed by atoms with van der Waals surface area (Å²) in [7, 11) is 0. The predicted octanol–water partition coefficient (Wildman–Crippen LogP) is 3.83. The Hall–Kier alpha value is -1.71. The fraction of sp³-hybridized carbons (Fsp3) is 0. The van der Waals surface area contributed by atoms with E-state index in [-0.39, 0.29) is 0 Å². The molecule has 5 heteroatoms. The van der Waals surface area contributed by atoms with E-state index in [9.17, 15) is 4.79 Å². The van der Waals surface area contributed by atoms with Gasteiger partial charge in [-0.15, -0.1) is 0 Å². The number of amides is 1. The normalized spacial score (nSPS) is 9.00. The topological polar surface area (TPSA) is 55.1 Å². The Kier molecular flexibility index (Phi) is 6.05. The van der Waals surface area contributed by atoms with Crippen molar-refractivity contribution < 1.29 is 4.79 Å². The molecule has 94 valence electrons. The maximum Gasteiger partial charge on any atom is 0.211 e. The number of anilines is 2. The van der Waals surface area contributed by atoms with Crippen LogP contribution in [0.25, 0.3) is 0 Å². The van der Waals surface area contributed by atoms with Gasteiger partial charge in [0.15, 0.2) is 0 Å². The van der Waals surface area contributed by atoms with Crippen LogP contribution in [0.5, 0.6) is 0 Å². The minimum absolute atomic E-state index is 0.628. The molecule has 0 unspecified atom stereocenters. The summed E-state index contributed by atoms with van der Waals surface area (Å²) in [6, 6.07) is 14.0. The lowest BCUT2D eigenvalue weighted by atomic mass is 10.3. The van der Waals surface area contributed by atoms with Crippen molar-refractivity contribution >= 4 is 41.0 Å². The van der Waals surface area contributed by atoms with E-state index in [1.165, 1.54) is 0 Å². The third-order valence-electron chi connectivity index (χ3n) is 1.94. The lowest BCUT2D eigenvalue weighted by Gasteiger charge is -1.95. The fourth-order valence-electron chi connectivity index (χ4n) is 1.08. The monoisotopic (exact) mass is 282 g/mol. The van der Waals surface area contributed by atoms with Crippen LogP contribution in [-0.2, 0) is 4.79 Å². The second-order valence-electron chi connectivity index (χ2n) is 3.32. The maximum atomic E-state index is 9.92. The van der Waals surface area contributed by atoms with Gasteiger partial charge in [-0.05, 0) is 48.5 Å². The second-order valence-corrected chi connectivity index (χ2v) is 4.19. The molecule has 0 spiro atoms. The molecule has 18 heavy (non-hydrogen) atoms. The fourth-order valence-corrected chi connectivity index (χ4v) is 1.33. The summed E-state index contributed by atoms with van der Waals surface area (Å²) >= 11 is 11.2. The third-order valence-corrected chi connectivity index (χ3v) is 2.44. The number of nitrogens with two attached hydrogens (primary N) is 1. The first-order valence-corrected chi connectivity index (χ1v) is 5.84. The number of halogens is 2. The van der Waals surface area contributed by atoms with Crippen molar-refractivity contribution in [1.29, 1.82) is 0 Å². The molecule has 0 aliphatic carbocycles. The van der Waals surface area contributed by atoms with Crippen LogP contribution >= 0.6 is 23.2 Å². The molecule has 0 saturated carbocycles. The van der Waals surface area contributed by atoms with Gasteiger partial charge in [-0.25, -0.2) is 0 Å². The highest BCUT2D eigenvalue weighted by Crippen LogP contribution is 2.12. The molecule has 0 bridgehead atoms. The Balaban J connectivity index is 0.000000184. The van der Waals surface area contributed by atoms with E-state index in [1.54, 1.807) is 48.5 Å². The maximum absolute atomic E-state index is 9.92. The van der Waals surface area contributed by atoms with Gasteiger partial charge in [-0.3, -0.25) is 4.79 Å². The minimum atomic E-state index is 0.628. The lowest BCUT2D eigenvalue weighted by Crippen LogP contribution is -1.91. The van der Waals surface area contributed by atoms with Gasteiger partial charge in [0.25, 0.3) is 0 Å². The summed E-state index contributed by atoms with van der Waals surface area (Å²) in [5.74, 6) is 0. The van der Waals surface area contributed by atoms with Crippen molar-refractivity contribution in [2.75, 3.05) is 11.1 Å². The number of carbonyl (C=O) groups excluding carboxylic acids is 1. The first kappa shape index (κ1) is 14.4. The van der Waals surface area contributed by atoms with E-state index in [1.807, 2.05) is 0 Å². The van der Waals surface area contributed by atoms with Gasteiger partial charge >= 0.3 is 0 Å². The van der Waals surface area contributed by atoms with Crippen LogP contribution in [0.1, 0.15) is 0 Å². The Morgan fingerprint density at radius 1 is 0.889 bits per heavy atom. The predicted molar refractivity (Wildman–Crippen MR) is 77.0 cm³/mol. The molecular formula is C13H12Cl2N2O. The zero-order chi connectivity index (χ0) is 13.4. The number of hydrogen-bond acceptors (Lipinski definition) is 2. The third kappa shape index (κ3) is 5.57. The Labute approximate surface area is 116 Å². The highest BCUT2D eigenvalue weighted by atomic mass is 35.5. The molecule has 0 fully saturated rings. The van der Waals surface area contributed by atoms with E-state index in [2.05, 4.69) is 5.32 Å². The molecule has 2 aromatic carbocycles.